The van der Waals surface area contributed by atoms with Crippen LogP contribution in [0.3, 0.4) is 0 Å². The van der Waals surface area contributed by atoms with Crippen LogP contribution in [0.4, 0.5) is 5.00 Å². The quantitative estimate of drug-likeness (QED) is 0.715. The van der Waals surface area contributed by atoms with E-state index in [1.165, 1.54) is 7.11 Å². The largest absolute Gasteiger partial charge is 0.465 e. The van der Waals surface area contributed by atoms with Crippen molar-refractivity contribution in [2.45, 2.75) is 26.2 Å². The van der Waals surface area contributed by atoms with Crippen molar-refractivity contribution in [2.75, 3.05) is 19.2 Å². The van der Waals surface area contributed by atoms with Crippen molar-refractivity contribution >= 4 is 34.1 Å². The van der Waals surface area contributed by atoms with Gasteiger partial charge in [-0.1, -0.05) is 13.0 Å². The smallest absolute Gasteiger partial charge is 0.341 e. The first-order valence-electron chi connectivity index (χ1n) is 8.59. The Morgan fingerprint density at radius 1 is 1.29 bits per heavy atom. The number of fused-ring (bicyclic) bond motifs is 1. The first-order valence-corrected chi connectivity index (χ1v) is 9.40. The standard InChI is InChI=1S/C19H20N2O6S/c1-4-11(10-5-6-12-13(7-10)27-8-26-12)17(23)21-18-14(19(24)25-3)9(2)15(28-18)16(20)22/h5-7,11H,4,8H2,1-3H3,(H2,20,22)(H,21,23). The molecule has 1 unspecified atom stereocenters. The molecule has 2 aromatic rings. The molecule has 0 saturated heterocycles. The van der Waals surface area contributed by atoms with Gasteiger partial charge in [-0.3, -0.25) is 9.59 Å². The minimum atomic E-state index is -0.670. The van der Waals surface area contributed by atoms with Gasteiger partial charge < -0.3 is 25.3 Å². The molecule has 0 aliphatic carbocycles. The van der Waals surface area contributed by atoms with Crippen molar-refractivity contribution in [3.63, 3.8) is 0 Å². The Hall–Kier alpha value is -3.07. The third kappa shape index (κ3) is 3.53. The number of nitrogens with one attached hydrogen (secondary N) is 1. The number of esters is 1. The van der Waals surface area contributed by atoms with Gasteiger partial charge in [-0.05, 0) is 36.6 Å². The average Bonchev–Trinajstić information content (AvgIpc) is 3.25. The Morgan fingerprint density at radius 3 is 2.64 bits per heavy atom. The predicted molar refractivity (Wildman–Crippen MR) is 103 cm³/mol. The number of primary amides is 1. The Balaban J connectivity index is 1.92. The Bertz CT molecular complexity index is 952. The number of hydrogen-bond acceptors (Lipinski definition) is 7. The molecule has 2 amide bonds. The summed E-state index contributed by atoms with van der Waals surface area (Å²) in [6.07, 6.45) is 0.520. The summed E-state index contributed by atoms with van der Waals surface area (Å²) in [5.41, 5.74) is 6.66. The van der Waals surface area contributed by atoms with Crippen LogP contribution in [-0.2, 0) is 9.53 Å². The molecular weight excluding hydrogens is 384 g/mol. The van der Waals surface area contributed by atoms with Crippen LogP contribution in [0.1, 0.15) is 50.4 Å². The summed E-state index contributed by atoms with van der Waals surface area (Å²) in [6.45, 7) is 3.62. The fourth-order valence-electron chi connectivity index (χ4n) is 3.09. The highest BCUT2D eigenvalue weighted by Gasteiger charge is 2.28. The molecule has 0 bridgehead atoms. The Morgan fingerprint density at radius 2 is 2.00 bits per heavy atom. The van der Waals surface area contributed by atoms with Gasteiger partial charge >= 0.3 is 5.97 Å². The first-order chi connectivity index (χ1) is 13.4. The SMILES string of the molecule is CCC(C(=O)Nc1sc(C(N)=O)c(C)c1C(=O)OC)c1ccc2c(c1)OCO2. The van der Waals surface area contributed by atoms with E-state index in [1.54, 1.807) is 25.1 Å². The number of carbonyl (C=O) groups is 3. The van der Waals surface area contributed by atoms with Crippen LogP contribution in [0.25, 0.3) is 0 Å². The summed E-state index contributed by atoms with van der Waals surface area (Å²) in [6, 6.07) is 5.33. The second kappa shape index (κ2) is 7.89. The number of benzene rings is 1. The lowest BCUT2D eigenvalue weighted by molar-refractivity contribution is -0.117. The summed E-state index contributed by atoms with van der Waals surface area (Å²) in [5.74, 6) is -0.902. The van der Waals surface area contributed by atoms with E-state index < -0.39 is 17.8 Å². The van der Waals surface area contributed by atoms with Gasteiger partial charge in [0.25, 0.3) is 5.91 Å². The van der Waals surface area contributed by atoms with Gasteiger partial charge in [0.1, 0.15) is 5.00 Å². The molecule has 148 valence electrons. The number of ether oxygens (including phenoxy) is 3. The maximum Gasteiger partial charge on any atom is 0.341 e. The van der Waals surface area contributed by atoms with Gasteiger partial charge in [-0.2, -0.15) is 0 Å². The molecule has 0 fully saturated rings. The molecule has 3 rings (SSSR count). The van der Waals surface area contributed by atoms with E-state index in [9.17, 15) is 14.4 Å². The number of nitrogens with two attached hydrogens (primary N) is 1. The van der Waals surface area contributed by atoms with Gasteiger partial charge in [0.2, 0.25) is 12.7 Å². The normalized spacial score (nSPS) is 13.1. The molecule has 1 aliphatic heterocycles. The summed E-state index contributed by atoms with van der Waals surface area (Å²) in [4.78, 5) is 37.0. The molecular formula is C19H20N2O6S. The van der Waals surface area contributed by atoms with Gasteiger partial charge in [0, 0.05) is 0 Å². The highest BCUT2D eigenvalue weighted by atomic mass is 32.1. The minimum absolute atomic E-state index is 0.134. The van der Waals surface area contributed by atoms with Crippen LogP contribution >= 0.6 is 11.3 Å². The fourth-order valence-corrected chi connectivity index (χ4v) is 4.14. The van der Waals surface area contributed by atoms with Crippen molar-refractivity contribution in [3.05, 3.63) is 39.8 Å². The Kier molecular flexibility index (Phi) is 5.55. The van der Waals surface area contributed by atoms with E-state index in [0.717, 1.165) is 16.9 Å². The molecule has 1 atom stereocenters. The van der Waals surface area contributed by atoms with E-state index >= 15 is 0 Å². The molecule has 8 nitrogen and oxygen atoms in total. The van der Waals surface area contributed by atoms with E-state index in [0.29, 0.717) is 23.5 Å². The monoisotopic (exact) mass is 404 g/mol. The zero-order valence-electron chi connectivity index (χ0n) is 15.7. The third-order valence-corrected chi connectivity index (χ3v) is 5.74. The number of methoxy groups -OCH3 is 1. The van der Waals surface area contributed by atoms with Gasteiger partial charge in [-0.15, -0.1) is 11.3 Å². The molecule has 0 saturated carbocycles. The maximum atomic E-state index is 13.0. The summed E-state index contributed by atoms with van der Waals surface area (Å²) >= 11 is 0.957. The third-order valence-electron chi connectivity index (χ3n) is 4.52. The second-order valence-corrected chi connectivity index (χ2v) is 7.20. The maximum absolute atomic E-state index is 13.0. The number of thiophene rings is 1. The van der Waals surface area contributed by atoms with Crippen LogP contribution in [0, 0.1) is 6.92 Å². The number of rotatable bonds is 6. The van der Waals surface area contributed by atoms with E-state index in [-0.39, 0.29) is 28.1 Å². The van der Waals surface area contributed by atoms with Gasteiger partial charge in [-0.25, -0.2) is 4.79 Å². The van der Waals surface area contributed by atoms with Crippen molar-refractivity contribution in [3.8, 4) is 11.5 Å². The topological polar surface area (TPSA) is 117 Å². The first kappa shape index (κ1) is 19.7. The van der Waals surface area contributed by atoms with Crippen molar-refractivity contribution in [2.24, 2.45) is 5.73 Å². The van der Waals surface area contributed by atoms with Crippen LogP contribution in [-0.4, -0.2) is 31.7 Å². The van der Waals surface area contributed by atoms with Crippen molar-refractivity contribution in [1.82, 2.24) is 0 Å². The van der Waals surface area contributed by atoms with Gasteiger partial charge in [0.05, 0.1) is 23.5 Å². The average molecular weight is 404 g/mol. The Labute approximate surface area is 165 Å². The van der Waals surface area contributed by atoms with E-state index in [4.69, 9.17) is 19.9 Å². The van der Waals surface area contributed by atoms with Crippen LogP contribution < -0.4 is 20.5 Å². The molecule has 2 heterocycles. The molecule has 1 aromatic heterocycles. The fraction of sp³-hybridized carbons (Fsp3) is 0.316. The molecule has 0 spiro atoms. The van der Waals surface area contributed by atoms with Crippen LogP contribution in [0.5, 0.6) is 11.5 Å². The molecule has 1 aromatic carbocycles. The number of carbonyl (C=O) groups excluding carboxylic acids is 3. The number of hydrogen-bond donors (Lipinski definition) is 2. The lowest BCUT2D eigenvalue weighted by Crippen LogP contribution is -2.21. The minimum Gasteiger partial charge on any atom is -0.465 e. The summed E-state index contributed by atoms with van der Waals surface area (Å²) in [7, 11) is 1.23. The summed E-state index contributed by atoms with van der Waals surface area (Å²) in [5, 5.41) is 3.00. The lowest BCUT2D eigenvalue weighted by atomic mass is 9.95. The lowest BCUT2D eigenvalue weighted by Gasteiger charge is -2.16. The predicted octanol–water partition coefficient (Wildman–Crippen LogP) is 2.80. The molecule has 28 heavy (non-hydrogen) atoms. The van der Waals surface area contributed by atoms with Crippen LogP contribution in [0.15, 0.2) is 18.2 Å². The number of anilines is 1. The molecule has 0 radical (unpaired) electrons. The van der Waals surface area contributed by atoms with Crippen LogP contribution in [0.2, 0.25) is 0 Å². The summed E-state index contributed by atoms with van der Waals surface area (Å²) < 4.78 is 15.5. The molecule has 9 heteroatoms. The van der Waals surface area contributed by atoms with Gasteiger partial charge in [0.15, 0.2) is 11.5 Å². The van der Waals surface area contributed by atoms with E-state index in [2.05, 4.69) is 5.32 Å². The number of amides is 2. The van der Waals surface area contributed by atoms with E-state index in [1.807, 2.05) is 6.92 Å². The zero-order chi connectivity index (χ0) is 20.4. The zero-order valence-corrected chi connectivity index (χ0v) is 16.5. The molecule has 1 aliphatic rings. The highest BCUT2D eigenvalue weighted by Crippen LogP contribution is 2.37. The second-order valence-electron chi connectivity index (χ2n) is 6.18. The van der Waals surface area contributed by atoms with Crippen molar-refractivity contribution in [1.29, 1.82) is 0 Å². The highest BCUT2D eigenvalue weighted by molar-refractivity contribution is 7.18. The molecule has 3 N–H and O–H groups in total. The van der Waals surface area contributed by atoms with Crippen molar-refractivity contribution < 1.29 is 28.6 Å².